The minimum Gasteiger partial charge on any atom is -0.480 e. The van der Waals surface area contributed by atoms with Gasteiger partial charge in [0.1, 0.15) is 6.54 Å². The molecule has 19 heavy (non-hydrogen) atoms. The highest BCUT2D eigenvalue weighted by molar-refractivity contribution is 5.88. The number of aliphatic carboxylic acids is 1. The molecule has 8 nitrogen and oxygen atoms in total. The third-order valence-electron chi connectivity index (χ3n) is 2.22. The van der Waals surface area contributed by atoms with Crippen molar-refractivity contribution in [3.63, 3.8) is 0 Å². The Morgan fingerprint density at radius 3 is 3.00 bits per heavy atom. The third-order valence-corrected chi connectivity index (χ3v) is 2.22. The number of nitrogens with zero attached hydrogens (tertiary/aromatic N) is 2. The summed E-state index contributed by atoms with van der Waals surface area (Å²) < 4.78 is 6.08. The van der Waals surface area contributed by atoms with Crippen LogP contribution in [-0.2, 0) is 17.9 Å². The van der Waals surface area contributed by atoms with Crippen LogP contribution in [0.2, 0.25) is 0 Å². The molecule has 2 rings (SSSR count). The number of furan rings is 1. The van der Waals surface area contributed by atoms with E-state index >= 15 is 0 Å². The Labute approximate surface area is 108 Å². The second-order valence-electron chi connectivity index (χ2n) is 3.76. The number of carbonyl (C=O) groups excluding carboxylic acids is 1. The van der Waals surface area contributed by atoms with E-state index in [1.807, 2.05) is 0 Å². The summed E-state index contributed by atoms with van der Waals surface area (Å²) in [5, 5.41) is 17.5. The summed E-state index contributed by atoms with van der Waals surface area (Å²) in [6.45, 7) is 0.0872. The van der Waals surface area contributed by atoms with Gasteiger partial charge in [0, 0.05) is 18.3 Å². The molecule has 0 aliphatic heterocycles. The summed E-state index contributed by atoms with van der Waals surface area (Å²) in [6, 6.07) is 1.33. The summed E-state index contributed by atoms with van der Waals surface area (Å²) in [5.41, 5.74) is 1.27. The number of carboxylic acid groups (broad SMARTS) is 1. The second-order valence-corrected chi connectivity index (χ2v) is 3.76. The van der Waals surface area contributed by atoms with E-state index in [0.717, 1.165) is 5.56 Å². The van der Waals surface area contributed by atoms with E-state index in [1.54, 1.807) is 6.07 Å². The molecule has 8 heteroatoms. The summed E-state index contributed by atoms with van der Waals surface area (Å²) in [4.78, 5) is 22.0. The van der Waals surface area contributed by atoms with Crippen molar-refractivity contribution in [2.24, 2.45) is 0 Å². The van der Waals surface area contributed by atoms with Crippen LogP contribution in [0.1, 0.15) is 5.56 Å². The lowest BCUT2D eigenvalue weighted by Gasteiger charge is -2.03. The van der Waals surface area contributed by atoms with Gasteiger partial charge in [-0.3, -0.25) is 9.48 Å². The number of hydrogen-bond acceptors (Lipinski definition) is 4. The van der Waals surface area contributed by atoms with Crippen molar-refractivity contribution in [1.29, 1.82) is 0 Å². The number of nitrogens with one attached hydrogen (secondary N) is 2. The van der Waals surface area contributed by atoms with Crippen LogP contribution in [0.4, 0.5) is 10.5 Å². The molecule has 0 saturated heterocycles. The smallest absolute Gasteiger partial charge is 0.325 e. The molecule has 0 aliphatic carbocycles. The molecular weight excluding hydrogens is 252 g/mol. The van der Waals surface area contributed by atoms with Gasteiger partial charge in [0.15, 0.2) is 0 Å². The predicted molar refractivity (Wildman–Crippen MR) is 64.4 cm³/mol. The van der Waals surface area contributed by atoms with Gasteiger partial charge in [0.25, 0.3) is 0 Å². The highest BCUT2D eigenvalue weighted by Crippen LogP contribution is 2.05. The Morgan fingerprint density at radius 1 is 1.47 bits per heavy atom. The summed E-state index contributed by atoms with van der Waals surface area (Å²) in [7, 11) is 0. The van der Waals surface area contributed by atoms with Crippen LogP contribution in [0.15, 0.2) is 35.4 Å². The maximum absolute atomic E-state index is 11.5. The standard InChI is InChI=1S/C11H12N4O4/c16-10(17)6-15-5-9(4-13-15)14-11(18)12-3-8-1-2-19-7-8/h1-2,4-5,7H,3,6H2,(H,16,17)(H2,12,14,18). The quantitative estimate of drug-likeness (QED) is 0.742. The molecule has 0 fully saturated rings. The summed E-state index contributed by atoms with van der Waals surface area (Å²) in [5.74, 6) is -1.00. The number of rotatable bonds is 5. The fourth-order valence-electron chi connectivity index (χ4n) is 1.40. The van der Waals surface area contributed by atoms with Crippen LogP contribution >= 0.6 is 0 Å². The number of anilines is 1. The van der Waals surface area contributed by atoms with Crippen molar-refractivity contribution in [2.45, 2.75) is 13.1 Å². The van der Waals surface area contributed by atoms with Crippen LogP contribution in [0.5, 0.6) is 0 Å². The first-order chi connectivity index (χ1) is 9.13. The second kappa shape index (κ2) is 5.71. The summed E-state index contributed by atoms with van der Waals surface area (Å²) in [6.07, 6.45) is 5.86. The molecule has 2 amide bonds. The fourth-order valence-corrected chi connectivity index (χ4v) is 1.40. The first kappa shape index (κ1) is 12.7. The molecular formula is C11H12N4O4. The number of aromatic nitrogens is 2. The monoisotopic (exact) mass is 264 g/mol. The zero-order valence-electron chi connectivity index (χ0n) is 9.87. The van der Waals surface area contributed by atoms with Crippen LogP contribution < -0.4 is 10.6 Å². The number of hydrogen-bond donors (Lipinski definition) is 3. The van der Waals surface area contributed by atoms with Gasteiger partial charge >= 0.3 is 12.0 Å². The summed E-state index contributed by atoms with van der Waals surface area (Å²) >= 11 is 0. The molecule has 2 aromatic rings. The fraction of sp³-hybridized carbons (Fsp3) is 0.182. The number of carbonyl (C=O) groups is 2. The Kier molecular flexibility index (Phi) is 3.81. The molecule has 0 bridgehead atoms. The lowest BCUT2D eigenvalue weighted by Crippen LogP contribution is -2.27. The van der Waals surface area contributed by atoms with Gasteiger partial charge in [0.05, 0.1) is 24.4 Å². The van der Waals surface area contributed by atoms with Crippen molar-refractivity contribution in [2.75, 3.05) is 5.32 Å². The highest BCUT2D eigenvalue weighted by atomic mass is 16.4. The van der Waals surface area contributed by atoms with Crippen LogP contribution in [0.25, 0.3) is 0 Å². The lowest BCUT2D eigenvalue weighted by molar-refractivity contribution is -0.137. The maximum Gasteiger partial charge on any atom is 0.325 e. The van der Waals surface area contributed by atoms with Crippen molar-refractivity contribution in [1.82, 2.24) is 15.1 Å². The van der Waals surface area contributed by atoms with Gasteiger partial charge in [-0.1, -0.05) is 0 Å². The Bertz CT molecular complexity index is 561. The first-order valence-electron chi connectivity index (χ1n) is 5.43. The maximum atomic E-state index is 11.5. The van der Waals surface area contributed by atoms with Crippen molar-refractivity contribution in [3.8, 4) is 0 Å². The molecule has 0 atom stereocenters. The van der Waals surface area contributed by atoms with Crippen molar-refractivity contribution < 1.29 is 19.1 Å². The Balaban J connectivity index is 1.81. The van der Waals surface area contributed by atoms with E-state index in [9.17, 15) is 9.59 Å². The molecule has 0 unspecified atom stereocenters. The molecule has 2 heterocycles. The molecule has 0 aliphatic rings. The largest absolute Gasteiger partial charge is 0.480 e. The van der Waals surface area contributed by atoms with Crippen LogP contribution in [0.3, 0.4) is 0 Å². The minimum atomic E-state index is -1.00. The average molecular weight is 264 g/mol. The van der Waals surface area contributed by atoms with Gasteiger partial charge in [-0.2, -0.15) is 5.10 Å². The van der Waals surface area contributed by atoms with E-state index in [2.05, 4.69) is 15.7 Å². The van der Waals surface area contributed by atoms with Gasteiger partial charge in [-0.25, -0.2) is 4.79 Å². The third kappa shape index (κ3) is 3.87. The average Bonchev–Trinajstić information content (AvgIpc) is 2.97. The van der Waals surface area contributed by atoms with Crippen LogP contribution in [-0.4, -0.2) is 26.9 Å². The molecule has 2 aromatic heterocycles. The number of urea groups is 1. The van der Waals surface area contributed by atoms with Gasteiger partial charge < -0.3 is 20.2 Å². The predicted octanol–water partition coefficient (Wildman–Crippen LogP) is 0.882. The van der Waals surface area contributed by atoms with Gasteiger partial charge in [0.2, 0.25) is 0 Å². The van der Waals surface area contributed by atoms with E-state index in [1.165, 1.54) is 29.6 Å². The minimum absolute atomic E-state index is 0.252. The van der Waals surface area contributed by atoms with Crippen molar-refractivity contribution >= 4 is 17.7 Å². The molecule has 0 saturated carbocycles. The Morgan fingerprint density at radius 2 is 2.32 bits per heavy atom. The molecule has 100 valence electrons. The van der Waals surface area contributed by atoms with Crippen molar-refractivity contribution in [3.05, 3.63) is 36.5 Å². The molecule has 0 spiro atoms. The number of amides is 2. The van der Waals surface area contributed by atoms with Crippen LogP contribution in [0, 0.1) is 0 Å². The molecule has 0 radical (unpaired) electrons. The zero-order chi connectivity index (χ0) is 13.7. The van der Waals surface area contributed by atoms with E-state index in [0.29, 0.717) is 12.2 Å². The zero-order valence-corrected chi connectivity index (χ0v) is 9.87. The lowest BCUT2D eigenvalue weighted by atomic mass is 10.3. The Hall–Kier alpha value is -2.77. The van der Waals surface area contributed by atoms with E-state index in [4.69, 9.17) is 9.52 Å². The van der Waals surface area contributed by atoms with E-state index in [-0.39, 0.29) is 6.54 Å². The normalized spacial score (nSPS) is 10.1. The SMILES string of the molecule is O=C(O)Cn1cc(NC(=O)NCc2ccoc2)cn1. The molecule has 0 aromatic carbocycles. The highest BCUT2D eigenvalue weighted by Gasteiger charge is 2.06. The number of carboxylic acids is 1. The van der Waals surface area contributed by atoms with Gasteiger partial charge in [-0.15, -0.1) is 0 Å². The van der Waals surface area contributed by atoms with E-state index < -0.39 is 12.0 Å². The topological polar surface area (TPSA) is 109 Å². The first-order valence-corrected chi connectivity index (χ1v) is 5.43. The van der Waals surface area contributed by atoms with Gasteiger partial charge in [-0.05, 0) is 6.07 Å². The molecule has 3 N–H and O–H groups in total.